The average molecular weight is 614 g/mol. The summed E-state index contributed by atoms with van der Waals surface area (Å²) in [5.41, 5.74) is 1.66. The molecule has 1 fully saturated rings. The second kappa shape index (κ2) is 14.0. The van der Waals surface area contributed by atoms with Crippen molar-refractivity contribution in [1.29, 1.82) is 0 Å². The molecule has 1 aromatic carbocycles. The van der Waals surface area contributed by atoms with E-state index >= 15 is 0 Å². The van der Waals surface area contributed by atoms with Crippen molar-refractivity contribution in [3.63, 3.8) is 0 Å². The summed E-state index contributed by atoms with van der Waals surface area (Å²) in [4.78, 5) is 62.7. The van der Waals surface area contributed by atoms with E-state index in [0.29, 0.717) is 68.3 Å². The van der Waals surface area contributed by atoms with Crippen LogP contribution in [0.15, 0.2) is 54.9 Å². The molecule has 2 N–H and O–H groups in total. The van der Waals surface area contributed by atoms with Crippen molar-refractivity contribution in [2.24, 2.45) is 5.92 Å². The first kappa shape index (κ1) is 31.9. The predicted octanol–water partition coefficient (Wildman–Crippen LogP) is 3.15. The van der Waals surface area contributed by atoms with E-state index in [9.17, 15) is 19.2 Å². The summed E-state index contributed by atoms with van der Waals surface area (Å²) >= 11 is 0. The SMILES string of the molecule is Cc1c(C(=O)N2CCCCNC(=O)C3(CCCc4ccccc43)NC(=O)CN(CCC(C)C)C(=O)C2)cnn1-c1ccccn1. The molecule has 1 saturated heterocycles. The van der Waals surface area contributed by atoms with E-state index in [1.165, 1.54) is 16.0 Å². The van der Waals surface area contributed by atoms with Gasteiger partial charge in [-0.2, -0.15) is 5.10 Å². The van der Waals surface area contributed by atoms with Gasteiger partial charge in [0, 0.05) is 25.8 Å². The average Bonchev–Trinajstić information content (AvgIpc) is 3.42. The molecule has 1 spiro atoms. The van der Waals surface area contributed by atoms with Crippen molar-refractivity contribution in [3.8, 4) is 5.82 Å². The molecule has 0 bridgehead atoms. The number of carbonyl (C=O) groups is 4. The molecule has 1 unspecified atom stereocenters. The van der Waals surface area contributed by atoms with Gasteiger partial charge in [0.1, 0.15) is 12.1 Å². The molecular formula is C34H43N7O4. The van der Waals surface area contributed by atoms with Crippen molar-refractivity contribution < 1.29 is 19.2 Å². The fourth-order valence-corrected chi connectivity index (χ4v) is 6.21. The Balaban J connectivity index is 1.42. The molecule has 0 radical (unpaired) electrons. The van der Waals surface area contributed by atoms with Crippen molar-refractivity contribution >= 4 is 23.6 Å². The van der Waals surface area contributed by atoms with Crippen molar-refractivity contribution in [2.75, 3.05) is 32.7 Å². The molecule has 5 rings (SSSR count). The number of pyridine rings is 1. The van der Waals surface area contributed by atoms with Gasteiger partial charge in [-0.05, 0) is 74.6 Å². The largest absolute Gasteiger partial charge is 0.354 e. The van der Waals surface area contributed by atoms with Crippen LogP contribution in [-0.2, 0) is 26.3 Å². The van der Waals surface area contributed by atoms with Gasteiger partial charge in [-0.3, -0.25) is 19.2 Å². The number of nitrogens with one attached hydrogen (secondary N) is 2. The molecule has 3 aromatic rings. The number of nitrogens with zero attached hydrogens (tertiary/aromatic N) is 5. The number of aryl methyl sites for hydroxylation is 1. The molecule has 1 atom stereocenters. The number of aromatic nitrogens is 3. The van der Waals surface area contributed by atoms with Crippen LogP contribution in [-0.4, -0.2) is 80.9 Å². The number of benzene rings is 1. The van der Waals surface area contributed by atoms with Crippen LogP contribution in [0.3, 0.4) is 0 Å². The van der Waals surface area contributed by atoms with Gasteiger partial charge < -0.3 is 20.4 Å². The number of hydrogen-bond acceptors (Lipinski definition) is 6. The Hall–Kier alpha value is -4.54. The first-order chi connectivity index (χ1) is 21.7. The minimum Gasteiger partial charge on any atom is -0.354 e. The summed E-state index contributed by atoms with van der Waals surface area (Å²) in [6.45, 7) is 6.60. The maximum absolute atomic E-state index is 13.9. The predicted molar refractivity (Wildman–Crippen MR) is 169 cm³/mol. The molecule has 11 heteroatoms. The minimum absolute atomic E-state index is 0.168. The van der Waals surface area contributed by atoms with Gasteiger partial charge in [-0.25, -0.2) is 9.67 Å². The lowest BCUT2D eigenvalue weighted by Gasteiger charge is -2.39. The van der Waals surface area contributed by atoms with Gasteiger partial charge in [0.15, 0.2) is 5.82 Å². The van der Waals surface area contributed by atoms with Crippen LogP contribution in [0, 0.1) is 12.8 Å². The second-order valence-electron chi connectivity index (χ2n) is 12.4. The summed E-state index contributed by atoms with van der Waals surface area (Å²) in [7, 11) is 0. The molecule has 1 aliphatic heterocycles. The molecule has 238 valence electrons. The molecule has 2 aliphatic rings. The Morgan fingerprint density at radius 3 is 2.60 bits per heavy atom. The fraction of sp³-hybridized carbons (Fsp3) is 0.471. The lowest BCUT2D eigenvalue weighted by molar-refractivity contribution is -0.139. The van der Waals surface area contributed by atoms with Crippen molar-refractivity contribution in [2.45, 2.75) is 64.8 Å². The highest BCUT2D eigenvalue weighted by Gasteiger charge is 2.44. The third kappa shape index (κ3) is 7.08. The maximum Gasteiger partial charge on any atom is 0.257 e. The van der Waals surface area contributed by atoms with E-state index in [-0.39, 0.29) is 30.8 Å². The van der Waals surface area contributed by atoms with Gasteiger partial charge >= 0.3 is 0 Å². The van der Waals surface area contributed by atoms with Crippen molar-refractivity contribution in [1.82, 2.24) is 35.2 Å². The number of fused-ring (bicyclic) bond motifs is 2. The molecule has 4 amide bonds. The van der Waals surface area contributed by atoms with Crippen LogP contribution in [0.1, 0.15) is 73.1 Å². The highest BCUT2D eigenvalue weighted by atomic mass is 16.2. The third-order valence-electron chi connectivity index (χ3n) is 8.74. The molecule has 0 saturated carbocycles. The number of carbonyl (C=O) groups excluding carboxylic acids is 4. The molecule has 2 aromatic heterocycles. The van der Waals surface area contributed by atoms with Gasteiger partial charge in [0.05, 0.1) is 24.0 Å². The Morgan fingerprint density at radius 1 is 1.02 bits per heavy atom. The molecular weight excluding hydrogens is 570 g/mol. The fourth-order valence-electron chi connectivity index (χ4n) is 6.21. The first-order valence-electron chi connectivity index (χ1n) is 15.9. The number of amides is 4. The lowest BCUT2D eigenvalue weighted by atomic mass is 9.75. The van der Waals surface area contributed by atoms with E-state index in [0.717, 1.165) is 24.0 Å². The lowest BCUT2D eigenvalue weighted by Crippen LogP contribution is -2.60. The highest BCUT2D eigenvalue weighted by Crippen LogP contribution is 2.36. The quantitative estimate of drug-likeness (QED) is 0.455. The summed E-state index contributed by atoms with van der Waals surface area (Å²) in [5, 5.41) is 10.5. The monoisotopic (exact) mass is 613 g/mol. The standard InChI is InChI=1S/C34H43N7O4/c1-24(2)15-20-39-22-30(42)38-34(16-10-12-26-11-4-5-13-28(26)34)33(45)36-18-8-9-19-40(23-31(39)43)32(44)27-21-37-41(25(27)3)29-14-6-7-17-35-29/h4-7,11,13-14,17,21,24H,8-10,12,15-16,18-20,22-23H2,1-3H3,(H,36,45)(H,38,42). The molecule has 45 heavy (non-hydrogen) atoms. The summed E-state index contributed by atoms with van der Waals surface area (Å²) < 4.78 is 1.60. The number of rotatable bonds is 5. The summed E-state index contributed by atoms with van der Waals surface area (Å²) in [6, 6.07) is 13.2. The summed E-state index contributed by atoms with van der Waals surface area (Å²) in [5.74, 6) is -0.383. The van der Waals surface area contributed by atoms with E-state index in [1.54, 1.807) is 17.8 Å². The highest BCUT2D eigenvalue weighted by molar-refractivity contribution is 5.98. The van der Waals surface area contributed by atoms with Crippen LogP contribution in [0.2, 0.25) is 0 Å². The van der Waals surface area contributed by atoms with Crippen LogP contribution in [0.25, 0.3) is 5.82 Å². The zero-order valence-electron chi connectivity index (χ0n) is 26.4. The van der Waals surface area contributed by atoms with Gasteiger partial charge in [0.25, 0.3) is 5.91 Å². The van der Waals surface area contributed by atoms with Gasteiger partial charge in [0.2, 0.25) is 17.7 Å². The smallest absolute Gasteiger partial charge is 0.257 e. The molecule has 3 heterocycles. The van der Waals surface area contributed by atoms with Crippen LogP contribution in [0.5, 0.6) is 0 Å². The van der Waals surface area contributed by atoms with Crippen LogP contribution in [0.4, 0.5) is 0 Å². The Kier molecular flexibility index (Phi) is 9.95. The van der Waals surface area contributed by atoms with Gasteiger partial charge in [-0.1, -0.05) is 44.2 Å². The Bertz CT molecular complexity index is 1540. The molecule has 1 aliphatic carbocycles. The van der Waals surface area contributed by atoms with E-state index in [2.05, 4.69) is 34.6 Å². The molecule has 11 nitrogen and oxygen atoms in total. The van der Waals surface area contributed by atoms with E-state index in [4.69, 9.17) is 0 Å². The van der Waals surface area contributed by atoms with E-state index < -0.39 is 11.4 Å². The topological polar surface area (TPSA) is 130 Å². The Labute approximate surface area is 264 Å². The van der Waals surface area contributed by atoms with Crippen LogP contribution < -0.4 is 10.6 Å². The zero-order chi connectivity index (χ0) is 32.0. The van der Waals surface area contributed by atoms with E-state index in [1.807, 2.05) is 42.5 Å². The van der Waals surface area contributed by atoms with Crippen molar-refractivity contribution in [3.05, 3.63) is 77.2 Å². The Morgan fingerprint density at radius 2 is 1.82 bits per heavy atom. The normalized spacial score (nSPS) is 20.0. The second-order valence-corrected chi connectivity index (χ2v) is 12.4. The third-order valence-corrected chi connectivity index (χ3v) is 8.74. The maximum atomic E-state index is 13.9. The number of hydrogen-bond donors (Lipinski definition) is 2. The zero-order valence-corrected chi connectivity index (χ0v) is 26.4. The minimum atomic E-state index is -1.20. The van der Waals surface area contributed by atoms with Gasteiger partial charge in [-0.15, -0.1) is 0 Å². The van der Waals surface area contributed by atoms with Crippen LogP contribution >= 0.6 is 0 Å². The summed E-state index contributed by atoms with van der Waals surface area (Å²) in [6.07, 6.45) is 7.11. The first-order valence-corrected chi connectivity index (χ1v) is 15.9.